The normalized spacial score (nSPS) is 19.4. The van der Waals surface area contributed by atoms with Crippen LogP contribution >= 0.6 is 70.6 Å². The third-order valence-corrected chi connectivity index (χ3v) is 20.7. The van der Waals surface area contributed by atoms with Crippen LogP contribution in [0.4, 0.5) is 0 Å². The minimum Gasteiger partial charge on any atom is -0.505 e. The maximum Gasteiger partial charge on any atom is 0.274 e. The van der Waals surface area contributed by atoms with E-state index in [4.69, 9.17) is 0 Å². The molecule has 1 aliphatic rings. The highest BCUT2D eigenvalue weighted by Gasteiger charge is 2.39. The van der Waals surface area contributed by atoms with E-state index in [2.05, 4.69) is 41.9 Å². The van der Waals surface area contributed by atoms with Crippen molar-refractivity contribution in [1.29, 1.82) is 0 Å². The molecule has 1 aliphatic heterocycles. The predicted octanol–water partition coefficient (Wildman–Crippen LogP) is 2.99. The van der Waals surface area contributed by atoms with Crippen molar-refractivity contribution >= 4 is 162 Å². The van der Waals surface area contributed by atoms with Crippen molar-refractivity contribution in [1.82, 2.24) is 61.5 Å². The lowest BCUT2D eigenvalue weighted by molar-refractivity contribution is -0.144. The first-order valence-corrected chi connectivity index (χ1v) is 37.5. The van der Waals surface area contributed by atoms with Gasteiger partial charge in [-0.15, -0.1) is 23.5 Å². The number of rotatable bonds is 20. The third-order valence-electron chi connectivity index (χ3n) is 15.5. The molecule has 0 radical (unpaired) electrons. The summed E-state index contributed by atoms with van der Waals surface area (Å²) in [6, 6.07) is 25.2. The van der Waals surface area contributed by atoms with Crippen molar-refractivity contribution < 1.29 is 67.7 Å². The van der Waals surface area contributed by atoms with E-state index in [1.54, 1.807) is 110 Å². The standard InChI is InChI=1S/C66H76N12O14S6/c1-75-47(35-95-37-69-53(81)25-39-17-9-7-10-18-39)63(89)77(3)49(33-93-5)65(91)97-32-46(74-62(88)58-52(80)28-42-22-14-16-24-44(42)72-58)60(86)68-30-56(84)76(2)48(36-96-38-70-54(82)26-40-19-11-8-12-20-40)64(90)78(4)50(34-94-6)66(92)98-31-45(59(85)67-29-55(75)83)73-61(87)57-51(79)27-41-21-13-15-23-43(41)71-57/h7-24,27-28,45-50,79-80H,25-26,29-38H2,1-6H3,(H,67,85)(H,68,86)(H,69,81)(H,70,82)(H,73,87)(H,74,88)/t45-,46-,47+,48+,49+,50+/m1/s1. The second-order valence-electron chi connectivity index (χ2n) is 22.3. The van der Waals surface area contributed by atoms with Crippen LogP contribution in [0.2, 0.25) is 0 Å². The number of pyridine rings is 2. The SMILES string of the molecule is CSC[C@H]1C(=O)SC[C@@H](NC(=O)c2nc3ccccc3cc2O)C(=O)NCC(=O)N(C)[C@@H](CSCNC(=O)Cc2ccccc2)C(=O)N(C)[C@@H](CSC)C(=O)SC[C@@H](NC(=O)c2nc3ccccc3cc2O)C(=O)NCC(=O)N(C)[C@@H](CSCNC(=O)Cc2ccccc2)C(=O)N1C. The Bertz CT molecular complexity index is 3640. The average Bonchev–Trinajstić information content (AvgIpc) is 0.825. The Morgan fingerprint density at radius 2 is 0.857 bits per heavy atom. The molecule has 3 heterocycles. The molecule has 520 valence electrons. The molecule has 4 aromatic carbocycles. The van der Waals surface area contributed by atoms with Crippen LogP contribution in [-0.2, 0) is 60.8 Å². The largest absolute Gasteiger partial charge is 0.505 e. The maximum absolute atomic E-state index is 15.0. The number of benzene rings is 4. The van der Waals surface area contributed by atoms with Gasteiger partial charge in [0.15, 0.2) is 11.4 Å². The van der Waals surface area contributed by atoms with Gasteiger partial charge in [-0.2, -0.15) is 23.5 Å². The monoisotopic (exact) mass is 1450 g/mol. The van der Waals surface area contributed by atoms with Gasteiger partial charge in [-0.1, -0.05) is 121 Å². The molecule has 6 atom stereocenters. The molecule has 6 aromatic rings. The van der Waals surface area contributed by atoms with E-state index in [1.807, 2.05) is 12.1 Å². The minimum absolute atomic E-state index is 0.0257. The van der Waals surface area contributed by atoms with E-state index in [0.717, 1.165) is 54.3 Å². The molecule has 0 spiro atoms. The Morgan fingerprint density at radius 1 is 0.500 bits per heavy atom. The molecular formula is C66H76N12O14S6. The van der Waals surface area contributed by atoms with Crippen molar-refractivity contribution in [3.8, 4) is 11.5 Å². The van der Waals surface area contributed by atoms with Gasteiger partial charge in [0.2, 0.25) is 57.5 Å². The minimum atomic E-state index is -1.65. The summed E-state index contributed by atoms with van der Waals surface area (Å²) in [5.41, 5.74) is 1.20. The van der Waals surface area contributed by atoms with Crippen molar-refractivity contribution in [2.24, 2.45) is 0 Å². The summed E-state index contributed by atoms with van der Waals surface area (Å²) in [6.45, 7) is -1.60. The van der Waals surface area contributed by atoms with Crippen LogP contribution in [0, 0.1) is 0 Å². The second-order valence-corrected chi connectivity index (χ2v) is 28.2. The van der Waals surface area contributed by atoms with Crippen LogP contribution in [0.25, 0.3) is 21.8 Å². The maximum atomic E-state index is 15.0. The number of aromatic nitrogens is 2. The number of hydrogen-bond acceptors (Lipinski definition) is 22. The van der Waals surface area contributed by atoms with Gasteiger partial charge in [-0.3, -0.25) is 57.5 Å². The molecular weight excluding hydrogens is 1380 g/mol. The Labute approximate surface area is 591 Å². The molecule has 0 bridgehead atoms. The van der Waals surface area contributed by atoms with Crippen molar-refractivity contribution in [2.75, 3.05) is 100 Å². The lowest BCUT2D eigenvalue weighted by Crippen LogP contribution is -2.57. The third kappa shape index (κ3) is 21.7. The van der Waals surface area contributed by atoms with E-state index in [-0.39, 0.29) is 59.4 Å². The van der Waals surface area contributed by atoms with E-state index in [1.165, 1.54) is 63.8 Å². The summed E-state index contributed by atoms with van der Waals surface area (Å²) in [5.74, 6) is -10.5. The number of para-hydroxylation sites is 2. The number of carbonyl (C=O) groups is 12. The Morgan fingerprint density at radius 3 is 1.22 bits per heavy atom. The highest BCUT2D eigenvalue weighted by molar-refractivity contribution is 8.14. The molecule has 0 unspecified atom stereocenters. The number of amides is 10. The second kappa shape index (κ2) is 38.0. The van der Waals surface area contributed by atoms with E-state index < -0.39 is 141 Å². The van der Waals surface area contributed by atoms with E-state index in [0.29, 0.717) is 45.3 Å². The highest BCUT2D eigenvalue weighted by Crippen LogP contribution is 2.26. The fourth-order valence-corrected chi connectivity index (χ4v) is 15.3. The van der Waals surface area contributed by atoms with E-state index >= 15 is 9.59 Å². The molecule has 98 heavy (non-hydrogen) atoms. The first-order valence-electron chi connectivity index (χ1n) is 30.5. The Kier molecular flexibility index (Phi) is 29.8. The van der Waals surface area contributed by atoms with Crippen LogP contribution < -0.4 is 31.9 Å². The average molecular weight is 1450 g/mol. The quantitative estimate of drug-likeness (QED) is 0.0402. The zero-order chi connectivity index (χ0) is 71.0. The van der Waals surface area contributed by atoms with Crippen LogP contribution in [0.15, 0.2) is 121 Å². The fourth-order valence-electron chi connectivity index (χ4n) is 9.81. The molecule has 26 nitrogen and oxygen atoms in total. The lowest BCUT2D eigenvalue weighted by atomic mass is 10.1. The van der Waals surface area contributed by atoms with Crippen molar-refractivity contribution in [2.45, 2.75) is 49.1 Å². The molecule has 1 fully saturated rings. The van der Waals surface area contributed by atoms with E-state index in [9.17, 15) is 58.2 Å². The van der Waals surface area contributed by atoms with Gasteiger partial charge in [0.05, 0.1) is 48.7 Å². The predicted molar refractivity (Wildman–Crippen MR) is 384 cm³/mol. The molecule has 0 saturated carbocycles. The van der Waals surface area contributed by atoms with Crippen LogP contribution in [0.3, 0.4) is 0 Å². The molecule has 1 saturated heterocycles. The van der Waals surface area contributed by atoms with Gasteiger partial charge in [0, 0.05) is 73.5 Å². The first-order chi connectivity index (χ1) is 47.0. The van der Waals surface area contributed by atoms with Gasteiger partial charge in [0.25, 0.3) is 11.8 Å². The number of aromatic hydroxyl groups is 2. The number of nitrogens with zero attached hydrogens (tertiary/aromatic N) is 6. The number of thioether (sulfide) groups is 6. The summed E-state index contributed by atoms with van der Waals surface area (Å²) < 4.78 is 0. The van der Waals surface area contributed by atoms with Crippen LogP contribution in [-0.4, -0.2) is 245 Å². The van der Waals surface area contributed by atoms with Crippen LogP contribution in [0.5, 0.6) is 11.5 Å². The van der Waals surface area contributed by atoms with Crippen molar-refractivity contribution in [3.63, 3.8) is 0 Å². The number of hydrogen-bond donors (Lipinski definition) is 8. The topological polar surface area (TPSA) is 356 Å². The van der Waals surface area contributed by atoms with Gasteiger partial charge in [-0.25, -0.2) is 9.97 Å². The number of nitrogens with one attached hydrogen (secondary N) is 6. The first kappa shape index (κ1) is 76.8. The number of likely N-dealkylation sites (N-methyl/N-ethyl adjacent to an activating group) is 4. The molecule has 7 rings (SSSR count). The Hall–Kier alpha value is -8.56. The van der Waals surface area contributed by atoms with Gasteiger partial charge in [0.1, 0.15) is 47.8 Å². The lowest BCUT2D eigenvalue weighted by Gasteiger charge is -2.34. The molecule has 32 heteroatoms. The zero-order valence-corrected chi connectivity index (χ0v) is 59.3. The Balaban J connectivity index is 1.23. The molecule has 8 N–H and O–H groups in total. The van der Waals surface area contributed by atoms with Crippen LogP contribution in [0.1, 0.15) is 32.1 Å². The zero-order valence-electron chi connectivity index (χ0n) is 54.4. The summed E-state index contributed by atoms with van der Waals surface area (Å²) in [7, 11) is 5.27. The van der Waals surface area contributed by atoms with Gasteiger partial charge in [-0.05, 0) is 47.9 Å². The summed E-state index contributed by atoms with van der Waals surface area (Å²) in [5, 5.41) is 37.4. The van der Waals surface area contributed by atoms with Gasteiger partial charge >= 0.3 is 0 Å². The summed E-state index contributed by atoms with van der Waals surface area (Å²) in [4.78, 5) is 185. The fraction of sp³-hybridized carbons (Fsp3) is 0.364. The number of fused-ring (bicyclic) bond motifs is 2. The molecule has 10 amide bonds. The molecule has 2 aromatic heterocycles. The summed E-state index contributed by atoms with van der Waals surface area (Å²) >= 11 is 5.65. The smallest absolute Gasteiger partial charge is 0.274 e. The highest BCUT2D eigenvalue weighted by atomic mass is 32.2. The number of carbonyl (C=O) groups excluding carboxylic acids is 12. The van der Waals surface area contributed by atoms with Gasteiger partial charge < -0.3 is 61.7 Å². The van der Waals surface area contributed by atoms with Crippen molar-refractivity contribution in [3.05, 3.63) is 144 Å². The summed E-state index contributed by atoms with van der Waals surface area (Å²) in [6.07, 6.45) is 3.46. The molecule has 0 aliphatic carbocycles.